The number of carbonyl (C=O) groups is 3. The Kier molecular flexibility index (Phi) is 5.80. The number of nitrogens with zero attached hydrogens (tertiary/aromatic N) is 1. The second kappa shape index (κ2) is 8.35. The Morgan fingerprint density at radius 2 is 1.91 bits per heavy atom. The minimum absolute atomic E-state index is 0.156. The molecule has 1 aliphatic heterocycles. The van der Waals surface area contributed by atoms with Gasteiger partial charge in [0.15, 0.2) is 11.6 Å². The van der Waals surface area contributed by atoms with E-state index < -0.39 is 33.2 Å². The van der Waals surface area contributed by atoms with Crippen LogP contribution in [0.15, 0.2) is 51.8 Å². The van der Waals surface area contributed by atoms with Crippen molar-refractivity contribution in [2.75, 3.05) is 10.6 Å². The van der Waals surface area contributed by atoms with Crippen molar-refractivity contribution in [3.05, 3.63) is 53.6 Å². The molecular weight excluding hydrogens is 456 g/mol. The van der Waals surface area contributed by atoms with Gasteiger partial charge in [0.25, 0.3) is 10.0 Å². The summed E-state index contributed by atoms with van der Waals surface area (Å²) in [6.45, 7) is 5.93. The molecule has 2 aromatic carbocycles. The lowest BCUT2D eigenvalue weighted by atomic mass is 9.63. The number of primary amides is 1. The number of nitrogens with one attached hydrogen (secondary N) is 2. The van der Waals surface area contributed by atoms with Crippen LogP contribution in [0.25, 0.3) is 0 Å². The van der Waals surface area contributed by atoms with Crippen LogP contribution in [0.4, 0.5) is 16.2 Å². The molecule has 2 atom stereocenters. The summed E-state index contributed by atoms with van der Waals surface area (Å²) >= 11 is 0. The number of carbonyl (C=O) groups excluding carboxylic acids is 3. The Bertz CT molecular complexity index is 1350. The van der Waals surface area contributed by atoms with Gasteiger partial charge >= 0.3 is 6.03 Å². The van der Waals surface area contributed by atoms with Crippen LogP contribution < -0.4 is 16.4 Å². The number of urea groups is 1. The molecule has 4 rings (SSSR count). The molecular formula is C24H26N4O5S. The van der Waals surface area contributed by atoms with E-state index in [1.165, 1.54) is 18.2 Å². The van der Waals surface area contributed by atoms with Crippen LogP contribution in [0.2, 0.25) is 0 Å². The molecule has 0 saturated carbocycles. The van der Waals surface area contributed by atoms with E-state index in [0.29, 0.717) is 23.5 Å². The number of hydrogen-bond donors (Lipinski definition) is 3. The number of Topliss-reactive ketones (excluding diaryl/α,β-unsaturated/α-hetero) is 2. The number of fused-ring (bicyclic) bond motifs is 2. The quantitative estimate of drug-likeness (QED) is 0.556. The molecule has 10 heteroatoms. The number of anilines is 2. The van der Waals surface area contributed by atoms with Gasteiger partial charge in [-0.1, -0.05) is 38.1 Å². The van der Waals surface area contributed by atoms with Crippen molar-refractivity contribution in [3.8, 4) is 0 Å². The second-order valence-corrected chi connectivity index (χ2v) is 10.8. The molecule has 2 aromatic rings. The van der Waals surface area contributed by atoms with Crippen molar-refractivity contribution in [2.24, 2.45) is 22.0 Å². The zero-order chi connectivity index (χ0) is 24.8. The van der Waals surface area contributed by atoms with Crippen molar-refractivity contribution < 1.29 is 22.8 Å². The minimum Gasteiger partial charge on any atom is -0.351 e. The lowest BCUT2D eigenvalue weighted by Crippen LogP contribution is -2.51. The van der Waals surface area contributed by atoms with Crippen molar-refractivity contribution >= 4 is 44.8 Å². The Morgan fingerprint density at radius 1 is 1.21 bits per heavy atom. The molecule has 4 N–H and O–H groups in total. The highest BCUT2D eigenvalue weighted by Crippen LogP contribution is 2.42. The van der Waals surface area contributed by atoms with Gasteiger partial charge in [-0.05, 0) is 49.4 Å². The summed E-state index contributed by atoms with van der Waals surface area (Å²) in [6, 6.07) is 10.2. The van der Waals surface area contributed by atoms with Gasteiger partial charge in [-0.2, -0.15) is 8.42 Å². The van der Waals surface area contributed by atoms with Crippen LogP contribution in [0.3, 0.4) is 0 Å². The summed E-state index contributed by atoms with van der Waals surface area (Å²) in [5.41, 5.74) is 5.52. The maximum Gasteiger partial charge on any atom is 0.316 e. The third-order valence-electron chi connectivity index (χ3n) is 6.36. The smallest absolute Gasteiger partial charge is 0.316 e. The summed E-state index contributed by atoms with van der Waals surface area (Å²) in [7, 11) is -4.26. The molecule has 34 heavy (non-hydrogen) atoms. The van der Waals surface area contributed by atoms with Crippen molar-refractivity contribution in [3.63, 3.8) is 0 Å². The molecule has 1 unspecified atom stereocenters. The van der Waals surface area contributed by atoms with E-state index in [1.807, 2.05) is 6.92 Å². The lowest BCUT2D eigenvalue weighted by Gasteiger charge is -2.39. The average Bonchev–Trinajstić information content (AvgIpc) is 2.76. The van der Waals surface area contributed by atoms with Gasteiger partial charge in [0.1, 0.15) is 16.6 Å². The first kappa shape index (κ1) is 23.6. The predicted octanol–water partition coefficient (Wildman–Crippen LogP) is 3.47. The number of sulfonamides is 1. The molecule has 0 spiro atoms. The van der Waals surface area contributed by atoms with Crippen molar-refractivity contribution in [1.29, 1.82) is 0 Å². The number of rotatable bonds is 5. The summed E-state index contributed by atoms with van der Waals surface area (Å²) in [5.74, 6) is -2.12. The number of benzene rings is 2. The molecule has 0 aromatic heterocycles. The fourth-order valence-corrected chi connectivity index (χ4v) is 5.69. The van der Waals surface area contributed by atoms with Crippen LogP contribution in [0.5, 0.6) is 0 Å². The lowest BCUT2D eigenvalue weighted by molar-refractivity contribution is -0.125. The summed E-state index contributed by atoms with van der Waals surface area (Å²) < 4.78 is 29.8. The van der Waals surface area contributed by atoms with Crippen molar-refractivity contribution in [2.45, 2.75) is 43.9 Å². The van der Waals surface area contributed by atoms with Crippen LogP contribution in [0, 0.1) is 11.8 Å². The summed E-state index contributed by atoms with van der Waals surface area (Å²) in [6.07, 6.45) is 1.28. The molecule has 0 radical (unpaired) electrons. The number of hydrogen-bond acceptors (Lipinski definition) is 6. The number of amides is 2. The molecule has 0 bridgehead atoms. The molecule has 1 aliphatic carbocycles. The van der Waals surface area contributed by atoms with Gasteiger partial charge in [0.2, 0.25) is 0 Å². The van der Waals surface area contributed by atoms with E-state index in [-0.39, 0.29) is 27.9 Å². The van der Waals surface area contributed by atoms with Crippen LogP contribution in [-0.4, -0.2) is 31.9 Å². The topological polar surface area (TPSA) is 148 Å². The largest absolute Gasteiger partial charge is 0.351 e. The van der Waals surface area contributed by atoms with Gasteiger partial charge in [-0.25, -0.2) is 4.79 Å². The van der Waals surface area contributed by atoms with E-state index in [2.05, 4.69) is 28.9 Å². The maximum absolute atomic E-state index is 13.8. The summed E-state index contributed by atoms with van der Waals surface area (Å²) in [4.78, 5) is 38.2. The molecule has 0 fully saturated rings. The number of ketones is 2. The Labute approximate surface area is 197 Å². The number of nitrogens with two attached hydrogens (primary N) is 1. The van der Waals surface area contributed by atoms with Gasteiger partial charge in [0.05, 0.1) is 11.1 Å². The predicted molar refractivity (Wildman–Crippen MR) is 129 cm³/mol. The van der Waals surface area contributed by atoms with Crippen LogP contribution in [-0.2, 0) is 20.2 Å². The van der Waals surface area contributed by atoms with E-state index in [0.717, 1.165) is 6.42 Å². The zero-order valence-corrected chi connectivity index (χ0v) is 19.9. The van der Waals surface area contributed by atoms with Gasteiger partial charge in [-0.15, -0.1) is 4.40 Å². The molecule has 9 nitrogen and oxygen atoms in total. The SMILES string of the molecule is CC(C)CC[C@@]1(C)C(=O)C(C2=NS(=O)(=O)c3cc(NC(N)=O)ccc3N2)C(=O)c2ccccc21. The maximum atomic E-state index is 13.8. The fraction of sp³-hybridized carbons (Fsp3) is 0.333. The molecule has 2 aliphatic rings. The Hall–Kier alpha value is -3.53. The van der Waals surface area contributed by atoms with Crippen LogP contribution >= 0.6 is 0 Å². The monoisotopic (exact) mass is 482 g/mol. The van der Waals surface area contributed by atoms with E-state index in [4.69, 9.17) is 5.73 Å². The third kappa shape index (κ3) is 3.98. The first-order valence-corrected chi connectivity index (χ1v) is 12.4. The van der Waals surface area contributed by atoms with Crippen molar-refractivity contribution in [1.82, 2.24) is 0 Å². The molecule has 1 heterocycles. The third-order valence-corrected chi connectivity index (χ3v) is 7.69. The Balaban J connectivity index is 1.80. The van der Waals surface area contributed by atoms with Gasteiger partial charge in [0, 0.05) is 11.3 Å². The highest BCUT2D eigenvalue weighted by Gasteiger charge is 2.51. The second-order valence-electron chi connectivity index (χ2n) is 9.25. The highest BCUT2D eigenvalue weighted by molar-refractivity contribution is 7.90. The fourth-order valence-electron chi connectivity index (χ4n) is 4.51. The van der Waals surface area contributed by atoms with E-state index in [1.54, 1.807) is 24.3 Å². The highest BCUT2D eigenvalue weighted by atomic mass is 32.2. The van der Waals surface area contributed by atoms with Gasteiger partial charge in [-0.3, -0.25) is 9.59 Å². The molecule has 2 amide bonds. The standard InChI is InChI=1S/C24H26N4O5S/c1-13(2)10-11-24(3)16-7-5-4-6-15(16)20(29)19(21(24)30)22-27-17-9-8-14(26-23(25)31)12-18(17)34(32,33)28-22/h4-9,12-13,19H,10-11H2,1-3H3,(H,27,28)(H3,25,26,31)/t19?,24-/m1/s1. The normalized spacial score (nSPS) is 22.9. The zero-order valence-electron chi connectivity index (χ0n) is 19.1. The first-order valence-electron chi connectivity index (χ1n) is 10.9. The van der Waals surface area contributed by atoms with Gasteiger partial charge < -0.3 is 16.4 Å². The molecule has 178 valence electrons. The average molecular weight is 483 g/mol. The van der Waals surface area contributed by atoms with E-state index in [9.17, 15) is 22.8 Å². The first-order chi connectivity index (χ1) is 15.9. The van der Waals surface area contributed by atoms with E-state index >= 15 is 0 Å². The minimum atomic E-state index is -4.26. The number of amidine groups is 1. The Morgan fingerprint density at radius 3 is 2.59 bits per heavy atom. The van der Waals surface area contributed by atoms with Crippen LogP contribution in [0.1, 0.15) is 49.5 Å². The molecule has 0 saturated heterocycles. The summed E-state index contributed by atoms with van der Waals surface area (Å²) in [5, 5.41) is 5.20.